The molecular formula is C20H21F3N4O3. The number of nitrogens with zero attached hydrogens (tertiary/aromatic N) is 3. The lowest BCUT2D eigenvalue weighted by Crippen LogP contribution is -2.28. The lowest BCUT2D eigenvalue weighted by Gasteiger charge is -2.21. The molecule has 30 heavy (non-hydrogen) atoms. The monoisotopic (exact) mass is 422 g/mol. The number of benzene rings is 1. The van der Waals surface area contributed by atoms with Gasteiger partial charge in [-0.25, -0.2) is 14.5 Å². The number of fused-ring (bicyclic) bond motifs is 3. The largest absolute Gasteiger partial charge is 0.497 e. The zero-order chi connectivity index (χ0) is 21.9. The minimum absolute atomic E-state index is 0.260. The average molecular weight is 422 g/mol. The number of hydrogen-bond acceptors (Lipinski definition) is 5. The van der Waals surface area contributed by atoms with Gasteiger partial charge in [0.15, 0.2) is 5.65 Å². The topological polar surface area (TPSA) is 103 Å². The number of carbonyl (C=O) groups is 1. The molecule has 1 aliphatic carbocycles. The van der Waals surface area contributed by atoms with Crippen LogP contribution in [-0.4, -0.2) is 45.2 Å². The first-order chi connectivity index (χ1) is 14.2. The number of nitrogens with two attached hydrogens (primary N) is 1. The first-order valence-corrected chi connectivity index (χ1v) is 9.20. The summed E-state index contributed by atoms with van der Waals surface area (Å²) in [6.07, 6.45) is 1.81. The van der Waals surface area contributed by atoms with Crippen molar-refractivity contribution in [1.29, 1.82) is 0 Å². The van der Waals surface area contributed by atoms with Gasteiger partial charge in [-0.2, -0.15) is 18.3 Å². The van der Waals surface area contributed by atoms with Crippen molar-refractivity contribution in [3.05, 3.63) is 53.3 Å². The summed E-state index contributed by atoms with van der Waals surface area (Å²) in [5, 5.41) is 12.8. The van der Waals surface area contributed by atoms with Crippen molar-refractivity contribution in [2.24, 2.45) is 5.73 Å². The number of aromatic nitrogens is 3. The molecule has 0 spiro atoms. The number of rotatable bonds is 3. The Morgan fingerprint density at radius 1 is 1.30 bits per heavy atom. The number of aryl methyl sites for hydroxylation is 1. The van der Waals surface area contributed by atoms with Crippen LogP contribution in [0.3, 0.4) is 0 Å². The van der Waals surface area contributed by atoms with Gasteiger partial charge in [0.05, 0.1) is 19.9 Å². The number of pyridine rings is 1. The third-order valence-electron chi connectivity index (χ3n) is 4.85. The molecule has 1 unspecified atom stereocenters. The summed E-state index contributed by atoms with van der Waals surface area (Å²) in [5.74, 6) is -1.89. The van der Waals surface area contributed by atoms with E-state index in [4.69, 9.17) is 20.4 Å². The van der Waals surface area contributed by atoms with Crippen LogP contribution in [-0.2, 0) is 24.2 Å². The fourth-order valence-corrected chi connectivity index (χ4v) is 3.32. The second-order valence-corrected chi connectivity index (χ2v) is 6.96. The van der Waals surface area contributed by atoms with E-state index in [0.29, 0.717) is 6.54 Å². The first kappa shape index (κ1) is 21.6. The van der Waals surface area contributed by atoms with Gasteiger partial charge in [0.2, 0.25) is 0 Å². The standard InChI is InChI=1S/C18H20N4O.C2HF3O2/c1-23-15-5-2-12(3-6-15)11-22-18-17(10-21-22)16-7-4-14(19)8-13(16)9-20-18;3-2(4,5)1(6)7/h2-3,5-6,9-10,14H,4,7-8,11,19H2,1H3;(H,6,7). The van der Waals surface area contributed by atoms with E-state index in [9.17, 15) is 13.2 Å². The highest BCUT2D eigenvalue weighted by atomic mass is 19.4. The molecule has 1 aliphatic rings. The molecular weight excluding hydrogens is 401 g/mol. The van der Waals surface area contributed by atoms with Gasteiger partial charge in [0.25, 0.3) is 0 Å². The smallest absolute Gasteiger partial charge is 0.490 e. The van der Waals surface area contributed by atoms with E-state index >= 15 is 0 Å². The third kappa shape index (κ3) is 4.88. The Morgan fingerprint density at radius 3 is 2.57 bits per heavy atom. The van der Waals surface area contributed by atoms with E-state index in [-0.39, 0.29) is 6.04 Å². The number of alkyl halides is 3. The first-order valence-electron chi connectivity index (χ1n) is 9.20. The number of methoxy groups -OCH3 is 1. The quantitative estimate of drug-likeness (QED) is 0.673. The van der Waals surface area contributed by atoms with Crippen LogP contribution in [0.5, 0.6) is 5.75 Å². The molecule has 0 bridgehead atoms. The summed E-state index contributed by atoms with van der Waals surface area (Å²) in [6, 6.07) is 8.32. The molecule has 0 saturated carbocycles. The van der Waals surface area contributed by atoms with Crippen LogP contribution in [0.4, 0.5) is 13.2 Å². The predicted octanol–water partition coefficient (Wildman–Crippen LogP) is 2.94. The highest BCUT2D eigenvalue weighted by Gasteiger charge is 2.38. The molecule has 0 saturated heterocycles. The van der Waals surface area contributed by atoms with Crippen molar-refractivity contribution in [3.8, 4) is 5.75 Å². The fraction of sp³-hybridized carbons (Fsp3) is 0.350. The van der Waals surface area contributed by atoms with Crippen molar-refractivity contribution in [1.82, 2.24) is 14.8 Å². The van der Waals surface area contributed by atoms with Crippen molar-refractivity contribution in [3.63, 3.8) is 0 Å². The van der Waals surface area contributed by atoms with Crippen LogP contribution in [0, 0.1) is 0 Å². The summed E-state index contributed by atoms with van der Waals surface area (Å²) in [5.41, 5.74) is 10.8. The van der Waals surface area contributed by atoms with Gasteiger partial charge in [-0.1, -0.05) is 12.1 Å². The van der Waals surface area contributed by atoms with Crippen LogP contribution in [0.1, 0.15) is 23.1 Å². The van der Waals surface area contributed by atoms with Gasteiger partial charge in [-0.3, -0.25) is 0 Å². The van der Waals surface area contributed by atoms with Crippen molar-refractivity contribution < 1.29 is 27.8 Å². The summed E-state index contributed by atoms with van der Waals surface area (Å²) in [7, 11) is 1.68. The molecule has 160 valence electrons. The second kappa shape index (κ2) is 8.70. The number of carboxylic acids is 1. The van der Waals surface area contributed by atoms with Crippen LogP contribution in [0.15, 0.2) is 36.7 Å². The molecule has 0 amide bonds. The highest BCUT2D eigenvalue weighted by Crippen LogP contribution is 2.27. The summed E-state index contributed by atoms with van der Waals surface area (Å²) in [6.45, 7) is 0.707. The Labute approximate surface area is 170 Å². The second-order valence-electron chi connectivity index (χ2n) is 6.96. The zero-order valence-electron chi connectivity index (χ0n) is 16.2. The third-order valence-corrected chi connectivity index (χ3v) is 4.85. The van der Waals surface area contributed by atoms with Crippen LogP contribution in [0.2, 0.25) is 0 Å². The van der Waals surface area contributed by atoms with Gasteiger partial charge in [-0.15, -0.1) is 0 Å². The van der Waals surface area contributed by atoms with Gasteiger partial charge in [-0.05, 0) is 48.1 Å². The molecule has 7 nitrogen and oxygen atoms in total. The average Bonchev–Trinajstić information content (AvgIpc) is 3.11. The van der Waals surface area contributed by atoms with E-state index in [1.807, 2.05) is 29.2 Å². The molecule has 3 N–H and O–H groups in total. The Balaban J connectivity index is 0.000000318. The molecule has 10 heteroatoms. The Bertz CT molecular complexity index is 1030. The summed E-state index contributed by atoms with van der Waals surface area (Å²) in [4.78, 5) is 13.5. The Kier molecular flexibility index (Phi) is 6.25. The number of hydrogen-bond donors (Lipinski definition) is 2. The normalized spacial score (nSPS) is 15.8. The fourth-order valence-electron chi connectivity index (χ4n) is 3.32. The predicted molar refractivity (Wildman–Crippen MR) is 103 cm³/mol. The van der Waals surface area contributed by atoms with Gasteiger partial charge < -0.3 is 15.6 Å². The molecule has 2 heterocycles. The summed E-state index contributed by atoms with van der Waals surface area (Å²) < 4.78 is 38.9. The minimum Gasteiger partial charge on any atom is -0.497 e. The Morgan fingerprint density at radius 2 is 1.97 bits per heavy atom. The van der Waals surface area contributed by atoms with Gasteiger partial charge in [0, 0.05) is 17.6 Å². The molecule has 2 aromatic heterocycles. The van der Waals surface area contributed by atoms with Gasteiger partial charge >= 0.3 is 12.1 Å². The number of ether oxygens (including phenoxy) is 1. The van der Waals surface area contributed by atoms with Crippen molar-refractivity contribution >= 4 is 17.0 Å². The molecule has 1 aromatic carbocycles. The SMILES string of the molecule is COc1ccc(Cn2ncc3c4c(cnc32)CC(N)CC4)cc1.O=C(O)C(F)(F)F. The van der Waals surface area contributed by atoms with Crippen molar-refractivity contribution in [2.75, 3.05) is 7.11 Å². The Hall–Kier alpha value is -3.14. The maximum absolute atomic E-state index is 10.6. The zero-order valence-corrected chi connectivity index (χ0v) is 16.2. The van der Waals surface area contributed by atoms with E-state index in [0.717, 1.165) is 30.7 Å². The van der Waals surface area contributed by atoms with E-state index in [1.54, 1.807) is 7.11 Å². The lowest BCUT2D eigenvalue weighted by atomic mass is 9.88. The maximum atomic E-state index is 10.6. The highest BCUT2D eigenvalue weighted by molar-refractivity contribution is 5.80. The number of carboxylic acid groups (broad SMARTS) is 1. The maximum Gasteiger partial charge on any atom is 0.490 e. The number of aliphatic carboxylic acids is 1. The minimum atomic E-state index is -5.08. The van der Waals surface area contributed by atoms with E-state index in [2.05, 4.69) is 22.2 Å². The van der Waals surface area contributed by atoms with Crippen LogP contribution < -0.4 is 10.5 Å². The van der Waals surface area contributed by atoms with Crippen molar-refractivity contribution in [2.45, 2.75) is 38.0 Å². The van der Waals surface area contributed by atoms with Crippen LogP contribution in [0.25, 0.3) is 11.0 Å². The van der Waals surface area contributed by atoms with E-state index < -0.39 is 12.1 Å². The summed E-state index contributed by atoms with van der Waals surface area (Å²) >= 11 is 0. The molecule has 0 aliphatic heterocycles. The number of halogens is 3. The van der Waals surface area contributed by atoms with E-state index in [1.165, 1.54) is 22.1 Å². The molecule has 0 radical (unpaired) electrons. The lowest BCUT2D eigenvalue weighted by molar-refractivity contribution is -0.192. The molecule has 0 fully saturated rings. The molecule has 1 atom stereocenters. The van der Waals surface area contributed by atoms with Crippen LogP contribution >= 0.6 is 0 Å². The van der Waals surface area contributed by atoms with Gasteiger partial charge in [0.1, 0.15) is 5.75 Å². The molecule has 4 rings (SSSR count). The molecule has 3 aromatic rings.